The summed E-state index contributed by atoms with van der Waals surface area (Å²) in [4.78, 5) is 9.72. The summed E-state index contributed by atoms with van der Waals surface area (Å²) in [6.45, 7) is 0. The summed E-state index contributed by atoms with van der Waals surface area (Å²) in [6.07, 6.45) is 0. The van der Waals surface area contributed by atoms with Crippen LogP contribution < -0.4 is 10.2 Å². The lowest BCUT2D eigenvalue weighted by molar-refractivity contribution is 0.272. The minimum Gasteiger partial charge on any atom is -0.497 e. The van der Waals surface area contributed by atoms with E-state index in [9.17, 15) is 0 Å². The van der Waals surface area contributed by atoms with Crippen molar-refractivity contribution in [3.8, 4) is 5.75 Å². The predicted octanol–water partition coefficient (Wildman–Crippen LogP) is 4.02. The molecule has 1 aromatic heterocycles. The van der Waals surface area contributed by atoms with Crippen LogP contribution in [0.5, 0.6) is 5.75 Å². The smallest absolute Gasteiger partial charge is 0.119 e. The van der Waals surface area contributed by atoms with Crippen LogP contribution in [0.2, 0.25) is 5.02 Å². The second-order valence-corrected chi connectivity index (χ2v) is 4.77. The Kier molecular flexibility index (Phi) is 3.34. The molecule has 3 rings (SSSR count). The number of pyridine rings is 1. The van der Waals surface area contributed by atoms with Crippen molar-refractivity contribution in [3.63, 3.8) is 0 Å². The van der Waals surface area contributed by atoms with Crippen molar-refractivity contribution in [2.24, 2.45) is 0 Å². The summed E-state index contributed by atoms with van der Waals surface area (Å²) >= 11 is 6.04. The van der Waals surface area contributed by atoms with Crippen LogP contribution in [0.1, 0.15) is 0 Å². The molecule has 0 unspecified atom stereocenters. The molecule has 0 spiro atoms. The van der Waals surface area contributed by atoms with Gasteiger partial charge < -0.3 is 4.74 Å². The SMILES string of the molecule is CONc1c2ccc(Cl)cc2nc2ccc(OC)cc12. The fourth-order valence-corrected chi connectivity index (χ4v) is 2.40. The Bertz CT molecular complexity index is 790. The number of methoxy groups -OCH3 is 1. The van der Waals surface area contributed by atoms with Crippen molar-refractivity contribution in [3.05, 3.63) is 41.4 Å². The van der Waals surface area contributed by atoms with Gasteiger partial charge >= 0.3 is 0 Å². The molecule has 0 aliphatic heterocycles. The van der Waals surface area contributed by atoms with E-state index in [-0.39, 0.29) is 0 Å². The van der Waals surface area contributed by atoms with Gasteiger partial charge in [0.25, 0.3) is 0 Å². The zero-order valence-electron chi connectivity index (χ0n) is 11.1. The summed E-state index contributed by atoms with van der Waals surface area (Å²) in [5.41, 5.74) is 5.44. The van der Waals surface area contributed by atoms with Gasteiger partial charge in [-0.05, 0) is 36.4 Å². The zero-order valence-corrected chi connectivity index (χ0v) is 11.9. The summed E-state index contributed by atoms with van der Waals surface area (Å²) in [7, 11) is 3.22. The number of rotatable bonds is 3. The van der Waals surface area contributed by atoms with Crippen molar-refractivity contribution in [2.75, 3.05) is 19.7 Å². The van der Waals surface area contributed by atoms with E-state index in [0.717, 1.165) is 33.2 Å². The third kappa shape index (κ3) is 2.13. The standard InChI is InChI=1S/C15H13ClN2O2/c1-19-10-4-6-13-12(8-10)15(18-20-2)11-5-3-9(16)7-14(11)17-13/h3-8H,1-2H3,(H,17,18). The second-order valence-electron chi connectivity index (χ2n) is 4.34. The number of aromatic nitrogens is 1. The molecule has 1 N–H and O–H groups in total. The summed E-state index contributed by atoms with van der Waals surface area (Å²) in [5.74, 6) is 0.770. The van der Waals surface area contributed by atoms with Crippen LogP contribution in [0.4, 0.5) is 5.69 Å². The van der Waals surface area contributed by atoms with Crippen LogP contribution in [0.3, 0.4) is 0 Å². The molecule has 0 aliphatic carbocycles. The van der Waals surface area contributed by atoms with E-state index in [4.69, 9.17) is 21.2 Å². The van der Waals surface area contributed by atoms with E-state index in [1.807, 2.05) is 36.4 Å². The molecule has 0 amide bonds. The Hall–Kier alpha value is -2.04. The fraction of sp³-hybridized carbons (Fsp3) is 0.133. The number of hydrogen-bond acceptors (Lipinski definition) is 4. The molecular weight excluding hydrogens is 276 g/mol. The number of hydrogen-bond donors (Lipinski definition) is 1. The first-order valence-corrected chi connectivity index (χ1v) is 6.46. The number of nitrogens with zero attached hydrogens (tertiary/aromatic N) is 1. The lowest BCUT2D eigenvalue weighted by Crippen LogP contribution is -1.99. The first-order valence-electron chi connectivity index (χ1n) is 6.09. The van der Waals surface area contributed by atoms with E-state index in [1.165, 1.54) is 0 Å². The van der Waals surface area contributed by atoms with Gasteiger partial charge in [0.15, 0.2) is 0 Å². The third-order valence-corrected chi connectivity index (χ3v) is 3.38. The quantitative estimate of drug-likeness (QED) is 0.584. The average molecular weight is 289 g/mol. The highest BCUT2D eigenvalue weighted by molar-refractivity contribution is 6.31. The lowest BCUT2D eigenvalue weighted by atomic mass is 10.1. The van der Waals surface area contributed by atoms with Gasteiger partial charge in [-0.2, -0.15) is 0 Å². The third-order valence-electron chi connectivity index (χ3n) is 3.15. The number of fused-ring (bicyclic) bond motifs is 2. The van der Waals surface area contributed by atoms with Gasteiger partial charge in [-0.3, -0.25) is 10.3 Å². The van der Waals surface area contributed by atoms with Gasteiger partial charge in [-0.1, -0.05) is 11.6 Å². The molecular formula is C15H13ClN2O2. The molecule has 3 aromatic rings. The number of benzene rings is 2. The minimum absolute atomic E-state index is 0.654. The monoisotopic (exact) mass is 288 g/mol. The number of nitrogens with one attached hydrogen (secondary N) is 1. The largest absolute Gasteiger partial charge is 0.497 e. The summed E-state index contributed by atoms with van der Waals surface area (Å²) in [6, 6.07) is 11.3. The molecule has 5 heteroatoms. The lowest BCUT2D eigenvalue weighted by Gasteiger charge is -2.12. The minimum atomic E-state index is 0.654. The molecule has 0 fully saturated rings. The van der Waals surface area contributed by atoms with Crippen LogP contribution >= 0.6 is 11.6 Å². The number of anilines is 1. The van der Waals surface area contributed by atoms with Gasteiger partial charge in [0.1, 0.15) is 5.75 Å². The normalized spacial score (nSPS) is 10.9. The Morgan fingerprint density at radius 2 is 1.85 bits per heavy atom. The summed E-state index contributed by atoms with van der Waals surface area (Å²) < 4.78 is 5.27. The molecule has 20 heavy (non-hydrogen) atoms. The molecule has 0 aliphatic rings. The van der Waals surface area contributed by atoms with Crippen LogP contribution in [-0.2, 0) is 4.84 Å². The van der Waals surface area contributed by atoms with Gasteiger partial charge in [-0.25, -0.2) is 4.98 Å². The maximum absolute atomic E-state index is 6.04. The van der Waals surface area contributed by atoms with Gasteiger partial charge in [-0.15, -0.1) is 0 Å². The van der Waals surface area contributed by atoms with Crippen molar-refractivity contribution in [1.82, 2.24) is 4.98 Å². The molecule has 2 aromatic carbocycles. The molecule has 0 saturated heterocycles. The molecule has 0 bridgehead atoms. The number of ether oxygens (including phenoxy) is 1. The Morgan fingerprint density at radius 1 is 1.00 bits per heavy atom. The molecule has 1 heterocycles. The van der Waals surface area contributed by atoms with Crippen LogP contribution in [-0.4, -0.2) is 19.2 Å². The maximum Gasteiger partial charge on any atom is 0.119 e. The Balaban J connectivity index is 2.41. The van der Waals surface area contributed by atoms with Gasteiger partial charge in [0.2, 0.25) is 0 Å². The van der Waals surface area contributed by atoms with Crippen LogP contribution in [0.15, 0.2) is 36.4 Å². The van der Waals surface area contributed by atoms with Crippen LogP contribution in [0, 0.1) is 0 Å². The first-order chi connectivity index (χ1) is 9.72. The molecule has 0 radical (unpaired) electrons. The van der Waals surface area contributed by atoms with Gasteiger partial charge in [0.05, 0.1) is 30.9 Å². The highest BCUT2D eigenvalue weighted by Gasteiger charge is 2.10. The zero-order chi connectivity index (χ0) is 14.1. The topological polar surface area (TPSA) is 43.4 Å². The van der Waals surface area contributed by atoms with Crippen molar-refractivity contribution >= 4 is 39.1 Å². The van der Waals surface area contributed by atoms with Crippen molar-refractivity contribution in [1.29, 1.82) is 0 Å². The highest BCUT2D eigenvalue weighted by atomic mass is 35.5. The maximum atomic E-state index is 6.04. The van der Waals surface area contributed by atoms with Gasteiger partial charge in [0, 0.05) is 15.8 Å². The number of halogens is 1. The van der Waals surface area contributed by atoms with E-state index in [0.29, 0.717) is 5.02 Å². The fourth-order valence-electron chi connectivity index (χ4n) is 2.24. The van der Waals surface area contributed by atoms with E-state index >= 15 is 0 Å². The molecule has 0 atom stereocenters. The average Bonchev–Trinajstić information content (AvgIpc) is 2.46. The second kappa shape index (κ2) is 5.15. The highest BCUT2D eigenvalue weighted by Crippen LogP contribution is 2.33. The Morgan fingerprint density at radius 3 is 2.60 bits per heavy atom. The van der Waals surface area contributed by atoms with E-state index in [2.05, 4.69) is 10.5 Å². The molecule has 0 saturated carbocycles. The molecule has 102 valence electrons. The Labute approximate surface area is 121 Å². The van der Waals surface area contributed by atoms with E-state index < -0.39 is 0 Å². The summed E-state index contributed by atoms with van der Waals surface area (Å²) in [5, 5.41) is 2.53. The first kappa shape index (κ1) is 13.0. The molecule has 4 nitrogen and oxygen atoms in total. The van der Waals surface area contributed by atoms with Crippen molar-refractivity contribution in [2.45, 2.75) is 0 Å². The van der Waals surface area contributed by atoms with Crippen LogP contribution in [0.25, 0.3) is 21.8 Å². The van der Waals surface area contributed by atoms with E-state index in [1.54, 1.807) is 14.2 Å². The predicted molar refractivity (Wildman–Crippen MR) is 81.4 cm³/mol. The van der Waals surface area contributed by atoms with Crippen molar-refractivity contribution < 1.29 is 9.57 Å².